The Morgan fingerprint density at radius 1 is 1.40 bits per heavy atom. The normalized spacial score (nSPS) is 17.1. The molecular weight excluding hydrogens is 258 g/mol. The van der Waals surface area contributed by atoms with Crippen LogP contribution in [0.3, 0.4) is 0 Å². The van der Waals surface area contributed by atoms with Crippen LogP contribution in [-0.2, 0) is 11.3 Å². The molecule has 1 aromatic rings. The largest absolute Gasteiger partial charge is 0.352 e. The lowest BCUT2D eigenvalue weighted by molar-refractivity contribution is -0.122. The lowest BCUT2D eigenvalue weighted by Crippen LogP contribution is -2.49. The van der Waals surface area contributed by atoms with Gasteiger partial charge in [-0.15, -0.1) is 6.58 Å². The Morgan fingerprint density at radius 2 is 2.10 bits per heavy atom. The number of hydrogen-bond acceptors (Lipinski definition) is 6. The summed E-state index contributed by atoms with van der Waals surface area (Å²) < 4.78 is 4.96. The number of amides is 1. The van der Waals surface area contributed by atoms with Crippen molar-refractivity contribution < 1.29 is 9.32 Å². The standard InChI is InChI=1S/C13H21N5O2/c1-3-4-14-13(19)10-18-7-5-17(6-8-18)9-12-15-11(2)20-16-12/h3H,1,4-10H2,2H3,(H,14,19). The van der Waals surface area contributed by atoms with E-state index in [-0.39, 0.29) is 5.91 Å². The summed E-state index contributed by atoms with van der Waals surface area (Å²) in [5.41, 5.74) is 0. The molecule has 0 radical (unpaired) electrons. The Kier molecular flexibility index (Phi) is 5.25. The predicted molar refractivity (Wildman–Crippen MR) is 74.0 cm³/mol. The number of aromatic nitrogens is 2. The van der Waals surface area contributed by atoms with Crippen LogP contribution in [-0.4, -0.2) is 65.1 Å². The number of nitrogens with zero attached hydrogens (tertiary/aromatic N) is 4. The van der Waals surface area contributed by atoms with E-state index >= 15 is 0 Å². The Hall–Kier alpha value is -1.73. The first-order valence-electron chi connectivity index (χ1n) is 6.79. The van der Waals surface area contributed by atoms with Gasteiger partial charge in [0.25, 0.3) is 0 Å². The molecular formula is C13H21N5O2. The number of hydrogen-bond donors (Lipinski definition) is 1. The van der Waals surface area contributed by atoms with Crippen LogP contribution in [0, 0.1) is 6.92 Å². The van der Waals surface area contributed by atoms with Crippen molar-refractivity contribution >= 4 is 5.91 Å². The molecule has 110 valence electrons. The number of piperazine rings is 1. The van der Waals surface area contributed by atoms with Crippen LogP contribution < -0.4 is 5.32 Å². The molecule has 1 aliphatic rings. The maximum Gasteiger partial charge on any atom is 0.234 e. The third kappa shape index (κ3) is 4.43. The number of aryl methyl sites for hydroxylation is 1. The van der Waals surface area contributed by atoms with Crippen LogP contribution in [0.4, 0.5) is 0 Å². The molecule has 0 aromatic carbocycles. The van der Waals surface area contributed by atoms with E-state index in [0.29, 0.717) is 25.5 Å². The summed E-state index contributed by atoms with van der Waals surface area (Å²) in [4.78, 5) is 20.2. The first-order chi connectivity index (χ1) is 9.67. The highest BCUT2D eigenvalue weighted by Gasteiger charge is 2.20. The monoisotopic (exact) mass is 279 g/mol. The molecule has 1 amide bonds. The van der Waals surface area contributed by atoms with Crippen molar-refractivity contribution in [3.05, 3.63) is 24.4 Å². The van der Waals surface area contributed by atoms with Crippen molar-refractivity contribution in [3.8, 4) is 0 Å². The molecule has 2 heterocycles. The summed E-state index contributed by atoms with van der Waals surface area (Å²) in [5, 5.41) is 6.68. The highest BCUT2D eigenvalue weighted by Crippen LogP contribution is 2.06. The summed E-state index contributed by atoms with van der Waals surface area (Å²) in [6.45, 7) is 10.6. The van der Waals surface area contributed by atoms with E-state index in [4.69, 9.17) is 4.52 Å². The molecule has 0 unspecified atom stereocenters. The first-order valence-corrected chi connectivity index (χ1v) is 6.79. The van der Waals surface area contributed by atoms with Gasteiger partial charge in [0.1, 0.15) is 0 Å². The smallest absolute Gasteiger partial charge is 0.234 e. The number of rotatable bonds is 6. The molecule has 0 saturated carbocycles. The molecule has 1 fully saturated rings. The summed E-state index contributed by atoms with van der Waals surface area (Å²) >= 11 is 0. The van der Waals surface area contributed by atoms with E-state index in [2.05, 4.69) is 31.8 Å². The highest BCUT2D eigenvalue weighted by atomic mass is 16.5. The van der Waals surface area contributed by atoms with Crippen LogP contribution >= 0.6 is 0 Å². The number of carbonyl (C=O) groups is 1. The van der Waals surface area contributed by atoms with Crippen molar-refractivity contribution in [2.75, 3.05) is 39.3 Å². The van der Waals surface area contributed by atoms with Gasteiger partial charge in [-0.3, -0.25) is 14.6 Å². The van der Waals surface area contributed by atoms with Gasteiger partial charge in [0.15, 0.2) is 5.82 Å². The molecule has 20 heavy (non-hydrogen) atoms. The zero-order valence-corrected chi connectivity index (χ0v) is 11.8. The maximum absolute atomic E-state index is 11.6. The molecule has 1 aliphatic heterocycles. The first kappa shape index (κ1) is 14.7. The molecule has 0 atom stereocenters. The van der Waals surface area contributed by atoms with Crippen molar-refractivity contribution in [2.45, 2.75) is 13.5 Å². The van der Waals surface area contributed by atoms with E-state index in [9.17, 15) is 4.79 Å². The fourth-order valence-corrected chi connectivity index (χ4v) is 2.16. The molecule has 0 bridgehead atoms. The van der Waals surface area contributed by atoms with Gasteiger partial charge in [0, 0.05) is 39.6 Å². The topological polar surface area (TPSA) is 74.5 Å². The Morgan fingerprint density at radius 3 is 2.70 bits per heavy atom. The van der Waals surface area contributed by atoms with E-state index < -0.39 is 0 Å². The van der Waals surface area contributed by atoms with Crippen molar-refractivity contribution in [1.82, 2.24) is 25.3 Å². The van der Waals surface area contributed by atoms with Gasteiger partial charge in [-0.25, -0.2) is 0 Å². The highest BCUT2D eigenvalue weighted by molar-refractivity contribution is 5.78. The number of carbonyl (C=O) groups excluding carboxylic acids is 1. The summed E-state index contributed by atoms with van der Waals surface area (Å²) in [6, 6.07) is 0. The maximum atomic E-state index is 11.6. The summed E-state index contributed by atoms with van der Waals surface area (Å²) in [7, 11) is 0. The van der Waals surface area contributed by atoms with Gasteiger partial charge in [0.05, 0.1) is 13.1 Å². The van der Waals surface area contributed by atoms with Gasteiger partial charge >= 0.3 is 0 Å². The summed E-state index contributed by atoms with van der Waals surface area (Å²) in [6.07, 6.45) is 1.68. The minimum Gasteiger partial charge on any atom is -0.352 e. The van der Waals surface area contributed by atoms with Crippen molar-refractivity contribution in [2.24, 2.45) is 0 Å². The fourth-order valence-electron chi connectivity index (χ4n) is 2.16. The van der Waals surface area contributed by atoms with E-state index in [1.54, 1.807) is 13.0 Å². The second kappa shape index (κ2) is 7.16. The molecule has 7 nitrogen and oxygen atoms in total. The van der Waals surface area contributed by atoms with Gasteiger partial charge in [-0.1, -0.05) is 11.2 Å². The minimum absolute atomic E-state index is 0.0483. The lowest BCUT2D eigenvalue weighted by atomic mass is 10.3. The van der Waals surface area contributed by atoms with Crippen LogP contribution in [0.5, 0.6) is 0 Å². The van der Waals surface area contributed by atoms with Crippen LogP contribution in [0.25, 0.3) is 0 Å². The molecule has 7 heteroatoms. The third-order valence-corrected chi connectivity index (χ3v) is 3.21. The average molecular weight is 279 g/mol. The van der Waals surface area contributed by atoms with Gasteiger partial charge < -0.3 is 9.84 Å². The molecule has 0 spiro atoms. The molecule has 1 aromatic heterocycles. The Bertz CT molecular complexity index is 451. The SMILES string of the molecule is C=CCNC(=O)CN1CCN(Cc2noc(C)n2)CC1. The van der Waals surface area contributed by atoms with Crippen LogP contribution in [0.1, 0.15) is 11.7 Å². The van der Waals surface area contributed by atoms with E-state index in [1.807, 2.05) is 0 Å². The second-order valence-corrected chi connectivity index (χ2v) is 4.87. The zero-order chi connectivity index (χ0) is 14.4. The van der Waals surface area contributed by atoms with Crippen LogP contribution in [0.2, 0.25) is 0 Å². The molecule has 1 saturated heterocycles. The van der Waals surface area contributed by atoms with Crippen LogP contribution in [0.15, 0.2) is 17.2 Å². The molecule has 1 N–H and O–H groups in total. The third-order valence-electron chi connectivity index (χ3n) is 3.21. The second-order valence-electron chi connectivity index (χ2n) is 4.87. The van der Waals surface area contributed by atoms with E-state index in [1.165, 1.54) is 0 Å². The minimum atomic E-state index is 0.0483. The molecule has 2 rings (SSSR count). The predicted octanol–water partition coefficient (Wildman–Crippen LogP) is -0.202. The number of nitrogens with one attached hydrogen (secondary N) is 1. The zero-order valence-electron chi connectivity index (χ0n) is 11.8. The van der Waals surface area contributed by atoms with Gasteiger partial charge in [0.2, 0.25) is 11.8 Å². The average Bonchev–Trinajstić information content (AvgIpc) is 2.84. The Balaban J connectivity index is 1.69. The summed E-state index contributed by atoms with van der Waals surface area (Å²) in [5.74, 6) is 1.37. The molecule has 0 aliphatic carbocycles. The lowest BCUT2D eigenvalue weighted by Gasteiger charge is -2.33. The fraction of sp³-hybridized carbons (Fsp3) is 0.615. The van der Waals surface area contributed by atoms with E-state index in [0.717, 1.165) is 32.0 Å². The van der Waals surface area contributed by atoms with Crippen molar-refractivity contribution in [3.63, 3.8) is 0 Å². The Labute approximate surface area is 118 Å². The van der Waals surface area contributed by atoms with Gasteiger partial charge in [-0.05, 0) is 0 Å². The van der Waals surface area contributed by atoms with Crippen molar-refractivity contribution in [1.29, 1.82) is 0 Å². The van der Waals surface area contributed by atoms with Gasteiger partial charge in [-0.2, -0.15) is 4.98 Å². The quantitative estimate of drug-likeness (QED) is 0.727.